The van der Waals surface area contributed by atoms with Gasteiger partial charge in [0.15, 0.2) is 5.78 Å². The molecule has 2 heterocycles. The molecule has 0 spiro atoms. The van der Waals surface area contributed by atoms with Crippen LogP contribution in [0.4, 0.5) is 11.4 Å². The van der Waals surface area contributed by atoms with Crippen LogP contribution in [0, 0.1) is 11.8 Å². The molecule has 2 atom stereocenters. The Morgan fingerprint density at radius 3 is 1.35 bits per heavy atom. The molecule has 2 aliphatic heterocycles. The summed E-state index contributed by atoms with van der Waals surface area (Å²) >= 11 is 0. The Balaban J connectivity index is 1.47. The Morgan fingerprint density at radius 1 is 0.667 bits per heavy atom. The molecule has 5 rings (SSSR count). The first-order valence-corrected chi connectivity index (χ1v) is 20.8. The summed E-state index contributed by atoms with van der Waals surface area (Å²) in [5.41, 5.74) is 2.15. The molecule has 294 valence electrons. The lowest BCUT2D eigenvalue weighted by atomic mass is 9.67. The van der Waals surface area contributed by atoms with Gasteiger partial charge in [-0.15, -0.1) is 0 Å². The second kappa shape index (κ2) is 15.2. The van der Waals surface area contributed by atoms with Crippen molar-refractivity contribution in [2.24, 2.45) is 11.8 Å². The maximum Gasteiger partial charge on any atom is 0.303 e. The molecule has 2 aromatic rings. The fraction of sp³-hybridized carbons (Fsp3) is 0.500. The highest BCUT2D eigenvalue weighted by Crippen LogP contribution is 2.52. The SMILES string of the molecule is CC1(C)C(=CC2C(=O)C(C=C3N(CCCCCC(=O)O)c4ccc(S(=O)(=O)O)cc4C3(C)C)C2O)N(CCCCCC(=O)O)c2ccc(S(=O)(=O)O)cc21. The lowest BCUT2D eigenvalue weighted by Crippen LogP contribution is -2.51. The third kappa shape index (κ3) is 8.13. The number of carbonyl (C=O) groups is 3. The van der Waals surface area contributed by atoms with Crippen LogP contribution in [-0.4, -0.2) is 78.2 Å². The summed E-state index contributed by atoms with van der Waals surface area (Å²) in [7, 11) is -9.03. The number of anilines is 2. The van der Waals surface area contributed by atoms with Gasteiger partial charge in [0.05, 0.1) is 27.7 Å². The van der Waals surface area contributed by atoms with Gasteiger partial charge < -0.3 is 25.1 Å². The minimum atomic E-state index is -4.52. The van der Waals surface area contributed by atoms with E-state index in [4.69, 9.17) is 10.2 Å². The number of aliphatic hydroxyl groups excluding tert-OH is 1. The van der Waals surface area contributed by atoms with Gasteiger partial charge >= 0.3 is 11.9 Å². The van der Waals surface area contributed by atoms with Crippen LogP contribution in [0.25, 0.3) is 0 Å². The van der Waals surface area contributed by atoms with Gasteiger partial charge in [-0.1, -0.05) is 52.7 Å². The zero-order valence-corrected chi connectivity index (χ0v) is 32.4. The van der Waals surface area contributed by atoms with Crippen molar-refractivity contribution >= 4 is 49.3 Å². The number of rotatable bonds is 16. The number of carboxylic acids is 2. The van der Waals surface area contributed by atoms with E-state index in [1.54, 1.807) is 24.3 Å². The summed E-state index contributed by atoms with van der Waals surface area (Å²) in [5, 5.41) is 29.7. The monoisotopic (exact) mass is 788 g/mol. The molecule has 0 bridgehead atoms. The number of carboxylic acid groups (broad SMARTS) is 2. The van der Waals surface area contributed by atoms with Crippen LogP contribution < -0.4 is 9.80 Å². The van der Waals surface area contributed by atoms with Crippen molar-refractivity contribution in [1.29, 1.82) is 0 Å². The normalized spacial score (nSPS) is 23.1. The Hall–Kier alpha value is -4.09. The Kier molecular flexibility index (Phi) is 11.6. The Labute approximate surface area is 315 Å². The van der Waals surface area contributed by atoms with E-state index in [0.717, 1.165) is 0 Å². The van der Waals surface area contributed by atoms with Crippen LogP contribution in [0.3, 0.4) is 0 Å². The maximum atomic E-state index is 14.0. The number of carbonyl (C=O) groups excluding carboxylic acids is 1. The van der Waals surface area contributed by atoms with Crippen LogP contribution in [0.15, 0.2) is 69.7 Å². The lowest BCUT2D eigenvalue weighted by molar-refractivity contribution is -0.143. The number of benzene rings is 2. The van der Waals surface area contributed by atoms with Crippen molar-refractivity contribution in [3.05, 3.63) is 71.1 Å². The van der Waals surface area contributed by atoms with Crippen LogP contribution in [0.5, 0.6) is 0 Å². The van der Waals surface area contributed by atoms with Gasteiger partial charge in [0.25, 0.3) is 20.2 Å². The van der Waals surface area contributed by atoms with Crippen LogP contribution in [0.2, 0.25) is 0 Å². The largest absolute Gasteiger partial charge is 0.481 e. The number of unbranched alkanes of at least 4 members (excludes halogenated alkanes) is 4. The number of fused-ring (bicyclic) bond motifs is 2. The number of hydrogen-bond acceptors (Lipinski definition) is 10. The molecule has 0 amide bonds. The van der Waals surface area contributed by atoms with Gasteiger partial charge in [-0.05, 0) is 73.2 Å². The van der Waals surface area contributed by atoms with Gasteiger partial charge in [-0.3, -0.25) is 23.5 Å². The van der Waals surface area contributed by atoms with Crippen molar-refractivity contribution in [3.63, 3.8) is 0 Å². The average molecular weight is 789 g/mol. The van der Waals surface area contributed by atoms with Gasteiger partial charge in [-0.2, -0.15) is 16.8 Å². The smallest absolute Gasteiger partial charge is 0.303 e. The summed E-state index contributed by atoms with van der Waals surface area (Å²) in [4.78, 5) is 39.4. The number of nitrogens with zero attached hydrogens (tertiary/aromatic N) is 2. The number of aliphatic hydroxyl groups is 1. The van der Waals surface area contributed by atoms with E-state index < -0.39 is 60.9 Å². The van der Waals surface area contributed by atoms with E-state index in [-0.39, 0.29) is 28.4 Å². The van der Waals surface area contributed by atoms with E-state index >= 15 is 0 Å². The van der Waals surface area contributed by atoms with Crippen molar-refractivity contribution in [2.45, 2.75) is 106 Å². The van der Waals surface area contributed by atoms with E-state index in [2.05, 4.69) is 0 Å². The molecule has 2 aromatic carbocycles. The second-order valence-corrected chi connectivity index (χ2v) is 18.2. The Morgan fingerprint density at radius 2 is 1.04 bits per heavy atom. The number of hydrogen-bond donors (Lipinski definition) is 5. The first kappa shape index (κ1) is 41.1. The Bertz CT molecular complexity index is 1970. The molecule has 5 N–H and O–H groups in total. The molecule has 16 heteroatoms. The molecule has 2 unspecified atom stereocenters. The number of allylic oxidation sites excluding steroid dienone is 2. The van der Waals surface area contributed by atoms with Gasteiger partial charge in [0.2, 0.25) is 0 Å². The summed E-state index contributed by atoms with van der Waals surface area (Å²) < 4.78 is 67.8. The molecule has 0 aromatic heterocycles. The highest BCUT2D eigenvalue weighted by atomic mass is 32.2. The summed E-state index contributed by atoms with van der Waals surface area (Å²) in [6.45, 7) is 8.29. The molecule has 0 saturated heterocycles. The summed E-state index contributed by atoms with van der Waals surface area (Å²) in [6, 6.07) is 8.59. The van der Waals surface area contributed by atoms with E-state index in [1.165, 1.54) is 24.3 Å². The van der Waals surface area contributed by atoms with Crippen LogP contribution in [0.1, 0.15) is 90.2 Å². The summed E-state index contributed by atoms with van der Waals surface area (Å²) in [6.07, 6.45) is 5.65. The molecule has 1 saturated carbocycles. The quantitative estimate of drug-likeness (QED) is 0.107. The molecule has 1 fully saturated rings. The highest BCUT2D eigenvalue weighted by molar-refractivity contribution is 7.86. The topological polar surface area (TPSA) is 227 Å². The molecule has 3 aliphatic rings. The third-order valence-electron chi connectivity index (χ3n) is 10.9. The number of ketones is 1. The average Bonchev–Trinajstić information content (AvgIpc) is 3.41. The molecule has 14 nitrogen and oxygen atoms in total. The maximum absolute atomic E-state index is 14.0. The zero-order valence-electron chi connectivity index (χ0n) is 30.7. The van der Waals surface area contributed by atoms with Crippen molar-refractivity contribution in [2.75, 3.05) is 22.9 Å². The van der Waals surface area contributed by atoms with Crippen LogP contribution in [-0.2, 0) is 45.4 Å². The molecule has 1 aliphatic carbocycles. The van der Waals surface area contributed by atoms with Gasteiger partial charge in [0.1, 0.15) is 0 Å². The standard InChI is InChI=1S/C38H48N2O12S2/c1-37(2)27-19-23(53(47,48)49)13-15-29(27)39(17-9-5-7-11-33(41)42)31(37)21-25-35(45)26(36(25)46)22-32-38(3,4)28-20-24(54(50,51)52)14-16-30(28)40(32)18-10-6-8-12-34(43)44/h13-16,19-22,25-26,35,45H,5-12,17-18H2,1-4H3,(H,41,42)(H,43,44)(H,47,48,49)(H,50,51,52). The van der Waals surface area contributed by atoms with E-state index in [0.29, 0.717) is 85.5 Å². The number of aliphatic carboxylic acids is 2. The summed E-state index contributed by atoms with van der Waals surface area (Å²) in [5.74, 6) is -3.90. The van der Waals surface area contributed by atoms with Crippen molar-refractivity contribution < 1.29 is 55.6 Å². The predicted molar refractivity (Wildman–Crippen MR) is 200 cm³/mol. The minimum Gasteiger partial charge on any atom is -0.481 e. The van der Waals surface area contributed by atoms with Crippen LogP contribution >= 0.6 is 0 Å². The fourth-order valence-electron chi connectivity index (χ4n) is 7.92. The first-order valence-electron chi connectivity index (χ1n) is 18.0. The molecular formula is C38H48N2O12S2. The zero-order chi connectivity index (χ0) is 40.0. The van der Waals surface area contributed by atoms with E-state index in [9.17, 15) is 45.4 Å². The molecular weight excluding hydrogens is 741 g/mol. The van der Waals surface area contributed by atoms with Crippen molar-refractivity contribution in [1.82, 2.24) is 0 Å². The highest BCUT2D eigenvalue weighted by Gasteiger charge is 2.51. The fourth-order valence-corrected chi connectivity index (χ4v) is 8.94. The molecule has 54 heavy (non-hydrogen) atoms. The van der Waals surface area contributed by atoms with Gasteiger partial charge in [-0.25, -0.2) is 0 Å². The number of Topliss-reactive ketones (excluding diaryl/α,β-unsaturated/α-hetero) is 1. The minimum absolute atomic E-state index is 0.0217. The van der Waals surface area contributed by atoms with Crippen molar-refractivity contribution in [3.8, 4) is 0 Å². The predicted octanol–water partition coefficient (Wildman–Crippen LogP) is 5.31. The van der Waals surface area contributed by atoms with E-state index in [1.807, 2.05) is 37.5 Å². The second-order valence-electron chi connectivity index (χ2n) is 15.3. The first-order chi connectivity index (χ1) is 25.1. The lowest BCUT2D eigenvalue weighted by Gasteiger charge is -2.40. The third-order valence-corrected chi connectivity index (χ3v) is 12.6. The van der Waals surface area contributed by atoms with Gasteiger partial charge in [0, 0.05) is 59.5 Å². The molecule has 0 radical (unpaired) electrons.